The van der Waals surface area contributed by atoms with Gasteiger partial charge >= 0.3 is 5.97 Å². The maximum Gasteiger partial charge on any atom is 0.338 e. The molecular formula is C18H17ClO6S. The number of methoxy groups -OCH3 is 1. The van der Waals surface area contributed by atoms with Crippen LogP contribution in [0.4, 0.5) is 0 Å². The molecule has 0 aliphatic carbocycles. The molecular weight excluding hydrogens is 380 g/mol. The van der Waals surface area contributed by atoms with Gasteiger partial charge in [0.05, 0.1) is 22.6 Å². The van der Waals surface area contributed by atoms with Crippen LogP contribution in [0.25, 0.3) is 0 Å². The number of esters is 1. The zero-order valence-corrected chi connectivity index (χ0v) is 16.0. The number of benzene rings is 2. The van der Waals surface area contributed by atoms with Gasteiger partial charge in [0.15, 0.2) is 22.2 Å². The van der Waals surface area contributed by atoms with Crippen LogP contribution in [0.2, 0.25) is 5.02 Å². The van der Waals surface area contributed by atoms with Gasteiger partial charge in [-0.15, -0.1) is 0 Å². The van der Waals surface area contributed by atoms with Gasteiger partial charge in [0.25, 0.3) is 0 Å². The number of carbonyl (C=O) groups excluding carboxylic acids is 2. The van der Waals surface area contributed by atoms with Crippen molar-refractivity contribution in [1.29, 1.82) is 0 Å². The van der Waals surface area contributed by atoms with E-state index in [4.69, 9.17) is 21.1 Å². The van der Waals surface area contributed by atoms with Gasteiger partial charge in [0.2, 0.25) is 0 Å². The molecule has 0 radical (unpaired) electrons. The minimum absolute atomic E-state index is 0.00307. The van der Waals surface area contributed by atoms with Gasteiger partial charge in [-0.1, -0.05) is 17.7 Å². The van der Waals surface area contributed by atoms with Gasteiger partial charge in [-0.25, -0.2) is 13.2 Å². The summed E-state index contributed by atoms with van der Waals surface area (Å²) in [5.74, 6) is -0.797. The largest absolute Gasteiger partial charge is 0.495 e. The monoisotopic (exact) mass is 396 g/mol. The maximum atomic E-state index is 12.2. The fourth-order valence-electron chi connectivity index (χ4n) is 2.18. The number of halogens is 1. The number of hydrogen-bond donors (Lipinski definition) is 0. The molecule has 0 aliphatic rings. The minimum Gasteiger partial charge on any atom is -0.495 e. The minimum atomic E-state index is -3.46. The summed E-state index contributed by atoms with van der Waals surface area (Å²) in [5.41, 5.74) is 0.904. The maximum absolute atomic E-state index is 12.2. The van der Waals surface area contributed by atoms with Crippen LogP contribution >= 0.6 is 11.6 Å². The van der Waals surface area contributed by atoms with Crippen LogP contribution in [-0.2, 0) is 14.6 Å². The lowest BCUT2D eigenvalue weighted by atomic mass is 10.1. The van der Waals surface area contributed by atoms with E-state index < -0.39 is 28.2 Å². The third-order valence-electron chi connectivity index (χ3n) is 3.67. The van der Waals surface area contributed by atoms with E-state index in [1.165, 1.54) is 43.5 Å². The first-order valence-electron chi connectivity index (χ1n) is 7.48. The standard InChI is InChI=1S/C18H17ClO6S/c1-11-4-6-13(26(3,22)23)9-14(11)18(21)25-10-16(20)12-5-7-17(24-2)15(19)8-12/h4-9H,10H2,1-3H3. The van der Waals surface area contributed by atoms with Crippen molar-refractivity contribution < 1.29 is 27.5 Å². The number of hydrogen-bond acceptors (Lipinski definition) is 6. The molecule has 2 aromatic rings. The molecule has 0 aliphatic heterocycles. The van der Waals surface area contributed by atoms with Gasteiger partial charge in [-0.2, -0.15) is 0 Å². The molecule has 0 bridgehead atoms. The first-order valence-corrected chi connectivity index (χ1v) is 9.75. The van der Waals surface area contributed by atoms with Crippen LogP contribution in [0.1, 0.15) is 26.3 Å². The molecule has 0 spiro atoms. The van der Waals surface area contributed by atoms with Crippen molar-refractivity contribution in [3.8, 4) is 5.75 Å². The smallest absolute Gasteiger partial charge is 0.338 e. The van der Waals surface area contributed by atoms with Crippen LogP contribution in [-0.4, -0.2) is 40.1 Å². The first kappa shape index (κ1) is 19.9. The van der Waals surface area contributed by atoms with E-state index >= 15 is 0 Å². The van der Waals surface area contributed by atoms with Crippen molar-refractivity contribution >= 4 is 33.2 Å². The summed E-state index contributed by atoms with van der Waals surface area (Å²) < 4.78 is 33.3. The number of sulfone groups is 1. The number of carbonyl (C=O) groups is 2. The van der Waals surface area contributed by atoms with E-state index in [2.05, 4.69) is 0 Å². The third kappa shape index (κ3) is 4.62. The predicted molar refractivity (Wildman–Crippen MR) is 96.9 cm³/mol. The number of rotatable bonds is 6. The highest BCUT2D eigenvalue weighted by molar-refractivity contribution is 7.90. The quantitative estimate of drug-likeness (QED) is 0.550. The summed E-state index contributed by atoms with van der Waals surface area (Å²) in [6.45, 7) is 1.15. The molecule has 0 N–H and O–H groups in total. The van der Waals surface area contributed by atoms with E-state index in [9.17, 15) is 18.0 Å². The Morgan fingerprint density at radius 2 is 1.81 bits per heavy atom. The summed E-state index contributed by atoms with van der Waals surface area (Å²) in [5, 5.41) is 0.265. The SMILES string of the molecule is COc1ccc(C(=O)COC(=O)c2cc(S(C)(=O)=O)ccc2C)cc1Cl. The first-order chi connectivity index (χ1) is 12.1. The highest BCUT2D eigenvalue weighted by Crippen LogP contribution is 2.25. The Morgan fingerprint density at radius 3 is 2.38 bits per heavy atom. The summed E-state index contributed by atoms with van der Waals surface area (Å²) in [6.07, 6.45) is 1.05. The lowest BCUT2D eigenvalue weighted by molar-refractivity contribution is 0.0473. The molecule has 8 heteroatoms. The van der Waals surface area contributed by atoms with Gasteiger partial charge in [0, 0.05) is 11.8 Å². The van der Waals surface area contributed by atoms with Crippen LogP contribution < -0.4 is 4.74 Å². The zero-order chi connectivity index (χ0) is 19.5. The second-order valence-electron chi connectivity index (χ2n) is 5.60. The zero-order valence-electron chi connectivity index (χ0n) is 14.4. The van der Waals surface area contributed by atoms with Crippen molar-refractivity contribution in [2.24, 2.45) is 0 Å². The van der Waals surface area contributed by atoms with Crippen LogP contribution in [0, 0.1) is 6.92 Å². The number of ketones is 1. The number of ether oxygens (including phenoxy) is 2. The van der Waals surface area contributed by atoms with E-state index in [1.807, 2.05) is 0 Å². The lowest BCUT2D eigenvalue weighted by Crippen LogP contribution is -2.15. The third-order valence-corrected chi connectivity index (χ3v) is 5.07. The molecule has 138 valence electrons. The van der Waals surface area contributed by atoms with Crippen molar-refractivity contribution in [3.63, 3.8) is 0 Å². The molecule has 0 saturated carbocycles. The molecule has 0 saturated heterocycles. The topological polar surface area (TPSA) is 86.7 Å². The molecule has 0 aromatic heterocycles. The number of aryl methyl sites for hydroxylation is 1. The highest BCUT2D eigenvalue weighted by atomic mass is 35.5. The van der Waals surface area contributed by atoms with E-state index in [0.29, 0.717) is 11.3 Å². The Hall–Kier alpha value is -2.38. The second kappa shape index (κ2) is 7.88. The Bertz CT molecular complexity index is 966. The normalized spacial score (nSPS) is 11.1. The number of Topliss-reactive ketones (excluding diaryl/α,β-unsaturated/α-hetero) is 1. The summed E-state index contributed by atoms with van der Waals surface area (Å²) in [6, 6.07) is 8.63. The van der Waals surface area contributed by atoms with Crippen molar-refractivity contribution in [3.05, 3.63) is 58.1 Å². The Labute approximate surface area is 156 Å². The fourth-order valence-corrected chi connectivity index (χ4v) is 3.09. The summed E-state index contributed by atoms with van der Waals surface area (Å²) >= 11 is 5.97. The molecule has 6 nitrogen and oxygen atoms in total. The Kier molecular flexibility index (Phi) is 6.05. The van der Waals surface area contributed by atoms with Crippen LogP contribution in [0.5, 0.6) is 5.75 Å². The molecule has 0 atom stereocenters. The fraction of sp³-hybridized carbons (Fsp3) is 0.222. The van der Waals surface area contributed by atoms with Crippen LogP contribution in [0.3, 0.4) is 0 Å². The lowest BCUT2D eigenvalue weighted by Gasteiger charge is -2.09. The molecule has 0 fully saturated rings. The van der Waals surface area contributed by atoms with E-state index in [1.54, 1.807) is 6.92 Å². The Balaban J connectivity index is 2.13. The van der Waals surface area contributed by atoms with Crippen molar-refractivity contribution in [1.82, 2.24) is 0 Å². The van der Waals surface area contributed by atoms with Gasteiger partial charge in [0.1, 0.15) is 5.75 Å². The predicted octanol–water partition coefficient (Wildman–Crippen LogP) is 3.10. The van der Waals surface area contributed by atoms with Gasteiger partial charge in [-0.3, -0.25) is 4.79 Å². The average Bonchev–Trinajstić information content (AvgIpc) is 2.58. The summed E-state index contributed by atoms with van der Waals surface area (Å²) in [7, 11) is -2.01. The van der Waals surface area contributed by atoms with E-state index in [-0.39, 0.29) is 21.0 Å². The van der Waals surface area contributed by atoms with E-state index in [0.717, 1.165) is 6.26 Å². The molecule has 2 aromatic carbocycles. The van der Waals surface area contributed by atoms with Gasteiger partial charge < -0.3 is 9.47 Å². The van der Waals surface area contributed by atoms with Crippen LogP contribution in [0.15, 0.2) is 41.3 Å². The molecule has 2 rings (SSSR count). The van der Waals surface area contributed by atoms with Crippen molar-refractivity contribution in [2.45, 2.75) is 11.8 Å². The molecule has 0 unspecified atom stereocenters. The molecule has 0 amide bonds. The van der Waals surface area contributed by atoms with Crippen molar-refractivity contribution in [2.75, 3.05) is 20.0 Å². The van der Waals surface area contributed by atoms with Gasteiger partial charge in [-0.05, 0) is 42.8 Å². The highest BCUT2D eigenvalue weighted by Gasteiger charge is 2.17. The Morgan fingerprint density at radius 1 is 1.12 bits per heavy atom. The average molecular weight is 397 g/mol. The summed E-state index contributed by atoms with van der Waals surface area (Å²) in [4.78, 5) is 24.4. The second-order valence-corrected chi connectivity index (χ2v) is 8.02. The molecule has 0 heterocycles. The molecule has 26 heavy (non-hydrogen) atoms.